The van der Waals surface area contributed by atoms with Gasteiger partial charge < -0.3 is 5.73 Å². The van der Waals surface area contributed by atoms with Gasteiger partial charge in [0.05, 0.1) is 6.20 Å². The molecule has 0 spiro atoms. The number of ketones is 1. The minimum Gasteiger partial charge on any atom is -0.398 e. The third-order valence-corrected chi connectivity index (χ3v) is 2.25. The van der Waals surface area contributed by atoms with Gasteiger partial charge in [-0.15, -0.1) is 0 Å². The summed E-state index contributed by atoms with van der Waals surface area (Å²) in [5, 5.41) is 0. The number of benzene rings is 1. The van der Waals surface area contributed by atoms with E-state index < -0.39 is 0 Å². The fraction of sp³-hybridized carbons (Fsp3) is 0.0833. The molecule has 0 aliphatic rings. The van der Waals surface area contributed by atoms with Crippen LogP contribution in [-0.2, 0) is 0 Å². The molecule has 0 fully saturated rings. The first kappa shape index (κ1) is 10.3. The van der Waals surface area contributed by atoms with Gasteiger partial charge in [0.1, 0.15) is 5.69 Å². The molecule has 0 saturated heterocycles. The molecule has 0 saturated carbocycles. The highest BCUT2D eigenvalue weighted by atomic mass is 16.1. The number of rotatable bonds is 2. The van der Waals surface area contributed by atoms with Crippen molar-refractivity contribution in [3.63, 3.8) is 0 Å². The summed E-state index contributed by atoms with van der Waals surface area (Å²) in [6.45, 7) is 1.91. The minimum absolute atomic E-state index is 0.200. The minimum atomic E-state index is -0.200. The van der Waals surface area contributed by atoms with E-state index in [4.69, 9.17) is 5.73 Å². The average molecular weight is 213 g/mol. The normalized spacial score (nSPS) is 10.1. The number of hydrogen-bond acceptors (Lipinski definition) is 4. The lowest BCUT2D eigenvalue weighted by atomic mass is 10.0. The fourth-order valence-corrected chi connectivity index (χ4v) is 1.42. The number of carbonyl (C=O) groups is 1. The molecule has 0 radical (unpaired) electrons. The molecule has 2 N–H and O–H groups in total. The van der Waals surface area contributed by atoms with E-state index >= 15 is 0 Å². The lowest BCUT2D eigenvalue weighted by Gasteiger charge is -2.04. The molecule has 2 rings (SSSR count). The molecular formula is C12H11N3O. The highest BCUT2D eigenvalue weighted by Crippen LogP contribution is 2.16. The van der Waals surface area contributed by atoms with Gasteiger partial charge in [0.15, 0.2) is 0 Å². The van der Waals surface area contributed by atoms with Crippen molar-refractivity contribution in [2.45, 2.75) is 6.92 Å². The van der Waals surface area contributed by atoms with E-state index in [1.807, 2.05) is 13.0 Å². The SMILES string of the molecule is Cc1ccc(N)c(C(=O)c2cnccn2)c1. The first-order valence-corrected chi connectivity index (χ1v) is 4.85. The zero-order valence-corrected chi connectivity index (χ0v) is 8.84. The Morgan fingerprint density at radius 3 is 2.81 bits per heavy atom. The molecule has 0 aliphatic heterocycles. The van der Waals surface area contributed by atoms with Crippen LogP contribution in [0, 0.1) is 6.92 Å². The summed E-state index contributed by atoms with van der Waals surface area (Å²) in [4.78, 5) is 19.9. The predicted molar refractivity (Wildman–Crippen MR) is 61.1 cm³/mol. The number of anilines is 1. The Kier molecular flexibility index (Phi) is 2.64. The lowest BCUT2D eigenvalue weighted by molar-refractivity contribution is 0.103. The van der Waals surface area contributed by atoms with E-state index in [0.717, 1.165) is 5.56 Å². The maximum atomic E-state index is 12.0. The van der Waals surface area contributed by atoms with Crippen LogP contribution in [0.3, 0.4) is 0 Å². The number of aromatic nitrogens is 2. The van der Waals surface area contributed by atoms with E-state index in [2.05, 4.69) is 9.97 Å². The standard InChI is InChI=1S/C12H11N3O/c1-8-2-3-10(13)9(6-8)12(16)11-7-14-4-5-15-11/h2-7H,13H2,1H3. The lowest BCUT2D eigenvalue weighted by Crippen LogP contribution is -2.07. The molecule has 80 valence electrons. The Hall–Kier alpha value is -2.23. The summed E-state index contributed by atoms with van der Waals surface area (Å²) in [5.41, 5.74) is 7.98. The largest absolute Gasteiger partial charge is 0.398 e. The molecule has 1 heterocycles. The number of nitrogen functional groups attached to an aromatic ring is 1. The fourth-order valence-electron chi connectivity index (χ4n) is 1.42. The van der Waals surface area contributed by atoms with Crippen LogP contribution in [-0.4, -0.2) is 15.8 Å². The van der Waals surface area contributed by atoms with E-state index in [0.29, 0.717) is 16.9 Å². The molecule has 4 nitrogen and oxygen atoms in total. The van der Waals surface area contributed by atoms with Gasteiger partial charge in [-0.05, 0) is 19.1 Å². The summed E-state index contributed by atoms with van der Waals surface area (Å²) in [5.74, 6) is -0.200. The van der Waals surface area contributed by atoms with E-state index in [9.17, 15) is 4.79 Å². The van der Waals surface area contributed by atoms with Crippen LogP contribution in [0.5, 0.6) is 0 Å². The zero-order chi connectivity index (χ0) is 11.5. The van der Waals surface area contributed by atoms with Crippen LogP contribution >= 0.6 is 0 Å². The van der Waals surface area contributed by atoms with Crippen molar-refractivity contribution in [2.75, 3.05) is 5.73 Å². The molecule has 0 unspecified atom stereocenters. The molecular weight excluding hydrogens is 202 g/mol. The van der Waals surface area contributed by atoms with Gasteiger partial charge in [0.25, 0.3) is 0 Å². The Morgan fingerprint density at radius 1 is 1.31 bits per heavy atom. The highest BCUT2D eigenvalue weighted by Gasteiger charge is 2.13. The van der Waals surface area contributed by atoms with Crippen molar-refractivity contribution in [1.82, 2.24) is 9.97 Å². The van der Waals surface area contributed by atoms with Gasteiger partial charge in [-0.25, -0.2) is 4.98 Å². The van der Waals surface area contributed by atoms with E-state index in [1.165, 1.54) is 18.6 Å². The van der Waals surface area contributed by atoms with Crippen LogP contribution in [0.1, 0.15) is 21.6 Å². The van der Waals surface area contributed by atoms with Gasteiger partial charge in [-0.2, -0.15) is 0 Å². The second kappa shape index (κ2) is 4.10. The van der Waals surface area contributed by atoms with Gasteiger partial charge in [-0.3, -0.25) is 9.78 Å². The molecule has 0 amide bonds. The Balaban J connectivity index is 2.46. The Labute approximate surface area is 93.2 Å². The molecule has 2 aromatic rings. The van der Waals surface area contributed by atoms with Crippen LogP contribution in [0.4, 0.5) is 5.69 Å². The van der Waals surface area contributed by atoms with Crippen molar-refractivity contribution in [3.05, 3.63) is 53.6 Å². The third kappa shape index (κ3) is 1.91. The maximum Gasteiger partial charge on any atom is 0.215 e. The van der Waals surface area contributed by atoms with Crippen molar-refractivity contribution >= 4 is 11.5 Å². The number of nitrogens with two attached hydrogens (primary N) is 1. The smallest absolute Gasteiger partial charge is 0.215 e. The molecule has 1 aromatic carbocycles. The molecule has 16 heavy (non-hydrogen) atoms. The molecule has 0 atom stereocenters. The van der Waals surface area contributed by atoms with Crippen molar-refractivity contribution in [3.8, 4) is 0 Å². The van der Waals surface area contributed by atoms with Crippen LogP contribution in [0.25, 0.3) is 0 Å². The summed E-state index contributed by atoms with van der Waals surface area (Å²) in [6.07, 6.45) is 4.44. The highest BCUT2D eigenvalue weighted by molar-refractivity contribution is 6.10. The van der Waals surface area contributed by atoms with Gasteiger partial charge in [0, 0.05) is 23.6 Å². The number of aryl methyl sites for hydroxylation is 1. The third-order valence-electron chi connectivity index (χ3n) is 2.25. The monoisotopic (exact) mass is 213 g/mol. The number of hydrogen-bond donors (Lipinski definition) is 1. The Bertz CT molecular complexity index is 523. The summed E-state index contributed by atoms with van der Waals surface area (Å²) in [6, 6.07) is 5.34. The first-order chi connectivity index (χ1) is 7.68. The van der Waals surface area contributed by atoms with Crippen molar-refractivity contribution < 1.29 is 4.79 Å². The topological polar surface area (TPSA) is 68.9 Å². The van der Waals surface area contributed by atoms with E-state index in [1.54, 1.807) is 12.1 Å². The van der Waals surface area contributed by atoms with E-state index in [-0.39, 0.29) is 5.78 Å². The van der Waals surface area contributed by atoms with Crippen LogP contribution in [0.15, 0.2) is 36.8 Å². The van der Waals surface area contributed by atoms with Crippen molar-refractivity contribution in [2.24, 2.45) is 0 Å². The molecule has 0 bridgehead atoms. The summed E-state index contributed by atoms with van der Waals surface area (Å²) >= 11 is 0. The number of carbonyl (C=O) groups excluding carboxylic acids is 1. The quantitative estimate of drug-likeness (QED) is 0.607. The Morgan fingerprint density at radius 2 is 2.12 bits per heavy atom. The second-order valence-corrected chi connectivity index (χ2v) is 3.51. The van der Waals surface area contributed by atoms with Gasteiger partial charge in [-0.1, -0.05) is 11.6 Å². The molecule has 1 aromatic heterocycles. The van der Waals surface area contributed by atoms with Crippen molar-refractivity contribution in [1.29, 1.82) is 0 Å². The predicted octanol–water partition coefficient (Wildman–Crippen LogP) is 1.60. The summed E-state index contributed by atoms with van der Waals surface area (Å²) in [7, 11) is 0. The average Bonchev–Trinajstić information content (AvgIpc) is 2.32. The zero-order valence-electron chi connectivity index (χ0n) is 8.84. The maximum absolute atomic E-state index is 12.0. The number of nitrogens with zero attached hydrogens (tertiary/aromatic N) is 2. The van der Waals surface area contributed by atoms with Gasteiger partial charge >= 0.3 is 0 Å². The molecule has 4 heteroatoms. The second-order valence-electron chi connectivity index (χ2n) is 3.51. The van der Waals surface area contributed by atoms with Crippen LogP contribution in [0.2, 0.25) is 0 Å². The first-order valence-electron chi connectivity index (χ1n) is 4.85. The molecule has 0 aliphatic carbocycles. The van der Waals surface area contributed by atoms with Crippen LogP contribution < -0.4 is 5.73 Å². The summed E-state index contributed by atoms with van der Waals surface area (Å²) < 4.78 is 0. The van der Waals surface area contributed by atoms with Gasteiger partial charge in [0.2, 0.25) is 5.78 Å².